The zero-order valence-corrected chi connectivity index (χ0v) is 15.7. The van der Waals surface area contributed by atoms with Crippen LogP contribution < -0.4 is 10.2 Å². The van der Waals surface area contributed by atoms with Gasteiger partial charge in [-0.1, -0.05) is 30.3 Å². The molecule has 0 aromatic heterocycles. The molecule has 2 amide bonds. The van der Waals surface area contributed by atoms with Crippen LogP contribution in [0.1, 0.15) is 20.7 Å². The molecule has 0 bridgehead atoms. The zero-order chi connectivity index (χ0) is 18.5. The SMILES string of the molecule is CN(C(=O)c1ccc(NC(=O)c2ccccc2Br)cc1)c1ccccc1. The standard InChI is InChI=1S/C21H17BrN2O2/c1-24(17-7-3-2-4-8-17)21(26)15-11-13-16(14-12-15)23-20(25)18-9-5-6-10-19(18)22/h2-14H,1H3,(H,23,25). The van der Waals surface area contributed by atoms with Crippen molar-refractivity contribution in [1.29, 1.82) is 0 Å². The predicted molar refractivity (Wildman–Crippen MR) is 108 cm³/mol. The van der Waals surface area contributed by atoms with Crippen LogP contribution in [0.3, 0.4) is 0 Å². The van der Waals surface area contributed by atoms with Crippen molar-refractivity contribution in [2.24, 2.45) is 0 Å². The van der Waals surface area contributed by atoms with Gasteiger partial charge in [-0.15, -0.1) is 0 Å². The fraction of sp³-hybridized carbons (Fsp3) is 0.0476. The van der Waals surface area contributed by atoms with Gasteiger partial charge in [0, 0.05) is 28.5 Å². The van der Waals surface area contributed by atoms with Crippen molar-refractivity contribution in [3.8, 4) is 0 Å². The summed E-state index contributed by atoms with van der Waals surface area (Å²) in [4.78, 5) is 26.5. The normalized spacial score (nSPS) is 10.2. The van der Waals surface area contributed by atoms with E-state index in [-0.39, 0.29) is 11.8 Å². The van der Waals surface area contributed by atoms with Gasteiger partial charge in [-0.25, -0.2) is 0 Å². The molecule has 0 radical (unpaired) electrons. The molecular formula is C21H17BrN2O2. The fourth-order valence-corrected chi connectivity index (χ4v) is 2.97. The third kappa shape index (κ3) is 4.00. The van der Waals surface area contributed by atoms with Gasteiger partial charge in [0.25, 0.3) is 11.8 Å². The molecule has 0 aliphatic carbocycles. The number of benzene rings is 3. The maximum Gasteiger partial charge on any atom is 0.258 e. The Labute approximate surface area is 160 Å². The van der Waals surface area contributed by atoms with Crippen molar-refractivity contribution in [2.45, 2.75) is 0 Å². The van der Waals surface area contributed by atoms with Crippen LogP contribution in [0.15, 0.2) is 83.3 Å². The predicted octanol–water partition coefficient (Wildman–Crippen LogP) is 4.98. The Morgan fingerprint density at radius 1 is 0.846 bits per heavy atom. The van der Waals surface area contributed by atoms with Crippen LogP contribution in [0.5, 0.6) is 0 Å². The molecule has 4 nitrogen and oxygen atoms in total. The summed E-state index contributed by atoms with van der Waals surface area (Å²) in [5.74, 6) is -0.321. The Kier molecular flexibility index (Phi) is 5.49. The van der Waals surface area contributed by atoms with Crippen LogP contribution in [0.4, 0.5) is 11.4 Å². The molecule has 3 aromatic rings. The Morgan fingerprint density at radius 3 is 2.12 bits per heavy atom. The van der Waals surface area contributed by atoms with Gasteiger partial charge in [-0.2, -0.15) is 0 Å². The molecular weight excluding hydrogens is 392 g/mol. The van der Waals surface area contributed by atoms with Gasteiger partial charge in [-0.05, 0) is 64.5 Å². The van der Waals surface area contributed by atoms with Gasteiger partial charge >= 0.3 is 0 Å². The lowest BCUT2D eigenvalue weighted by molar-refractivity contribution is 0.0991. The lowest BCUT2D eigenvalue weighted by Gasteiger charge is -2.17. The van der Waals surface area contributed by atoms with E-state index in [0.717, 1.165) is 10.2 Å². The van der Waals surface area contributed by atoms with Crippen molar-refractivity contribution in [3.63, 3.8) is 0 Å². The molecule has 0 heterocycles. The van der Waals surface area contributed by atoms with E-state index in [9.17, 15) is 9.59 Å². The molecule has 1 N–H and O–H groups in total. The summed E-state index contributed by atoms with van der Waals surface area (Å²) >= 11 is 3.37. The molecule has 0 unspecified atom stereocenters. The number of anilines is 2. The molecule has 0 fully saturated rings. The van der Waals surface area contributed by atoms with Crippen molar-refractivity contribution in [3.05, 3.63) is 94.5 Å². The first-order chi connectivity index (χ1) is 12.6. The van der Waals surface area contributed by atoms with Gasteiger partial charge in [0.2, 0.25) is 0 Å². The number of rotatable bonds is 4. The molecule has 0 aliphatic heterocycles. The number of amides is 2. The Hall–Kier alpha value is -2.92. The van der Waals surface area contributed by atoms with E-state index < -0.39 is 0 Å². The highest BCUT2D eigenvalue weighted by atomic mass is 79.9. The summed E-state index contributed by atoms with van der Waals surface area (Å²) in [6, 6.07) is 23.5. The maximum atomic E-state index is 12.6. The first-order valence-electron chi connectivity index (χ1n) is 8.05. The number of nitrogens with one attached hydrogen (secondary N) is 1. The van der Waals surface area contributed by atoms with E-state index in [1.807, 2.05) is 42.5 Å². The first kappa shape index (κ1) is 17.9. The van der Waals surface area contributed by atoms with E-state index in [1.54, 1.807) is 48.3 Å². The van der Waals surface area contributed by atoms with Crippen molar-refractivity contribution >= 4 is 39.1 Å². The van der Waals surface area contributed by atoms with Crippen LogP contribution in [0.25, 0.3) is 0 Å². The average molecular weight is 409 g/mol. The highest BCUT2D eigenvalue weighted by Crippen LogP contribution is 2.19. The van der Waals surface area contributed by atoms with Crippen LogP contribution in [-0.4, -0.2) is 18.9 Å². The average Bonchev–Trinajstić information content (AvgIpc) is 2.68. The Balaban J connectivity index is 1.71. The number of carbonyl (C=O) groups excluding carboxylic acids is 2. The van der Waals surface area contributed by atoms with Crippen LogP contribution in [0, 0.1) is 0 Å². The molecule has 130 valence electrons. The van der Waals surface area contributed by atoms with Crippen LogP contribution >= 0.6 is 15.9 Å². The van der Waals surface area contributed by atoms with Gasteiger partial charge in [0.15, 0.2) is 0 Å². The van der Waals surface area contributed by atoms with E-state index in [4.69, 9.17) is 0 Å². The molecule has 26 heavy (non-hydrogen) atoms. The lowest BCUT2D eigenvalue weighted by atomic mass is 10.1. The maximum absolute atomic E-state index is 12.6. The first-order valence-corrected chi connectivity index (χ1v) is 8.84. The minimum Gasteiger partial charge on any atom is -0.322 e. The number of para-hydroxylation sites is 1. The second-order valence-electron chi connectivity index (χ2n) is 5.71. The number of halogens is 1. The Bertz CT molecular complexity index is 924. The van der Waals surface area contributed by atoms with E-state index in [1.165, 1.54) is 0 Å². The summed E-state index contributed by atoms with van der Waals surface area (Å²) in [6.07, 6.45) is 0. The van der Waals surface area contributed by atoms with Crippen molar-refractivity contribution in [1.82, 2.24) is 0 Å². The summed E-state index contributed by atoms with van der Waals surface area (Å²) in [5.41, 5.74) is 2.56. The zero-order valence-electron chi connectivity index (χ0n) is 14.1. The van der Waals surface area contributed by atoms with E-state index in [2.05, 4.69) is 21.2 Å². The van der Waals surface area contributed by atoms with Crippen LogP contribution in [0.2, 0.25) is 0 Å². The van der Waals surface area contributed by atoms with Gasteiger partial charge in [0.1, 0.15) is 0 Å². The molecule has 0 saturated carbocycles. The van der Waals surface area contributed by atoms with Crippen LogP contribution in [-0.2, 0) is 0 Å². The number of carbonyl (C=O) groups is 2. The number of nitrogens with zero attached hydrogens (tertiary/aromatic N) is 1. The van der Waals surface area contributed by atoms with Gasteiger partial charge in [0.05, 0.1) is 5.56 Å². The molecule has 3 aromatic carbocycles. The quantitative estimate of drug-likeness (QED) is 0.661. The van der Waals surface area contributed by atoms with Crippen molar-refractivity contribution in [2.75, 3.05) is 17.3 Å². The van der Waals surface area contributed by atoms with E-state index in [0.29, 0.717) is 16.8 Å². The van der Waals surface area contributed by atoms with Gasteiger partial charge in [-0.3, -0.25) is 9.59 Å². The smallest absolute Gasteiger partial charge is 0.258 e. The summed E-state index contributed by atoms with van der Waals surface area (Å²) in [6.45, 7) is 0. The highest BCUT2D eigenvalue weighted by molar-refractivity contribution is 9.10. The third-order valence-electron chi connectivity index (χ3n) is 3.96. The number of hydrogen-bond donors (Lipinski definition) is 1. The lowest BCUT2D eigenvalue weighted by Crippen LogP contribution is -2.26. The second-order valence-corrected chi connectivity index (χ2v) is 6.57. The molecule has 5 heteroatoms. The minimum absolute atomic E-state index is 0.111. The summed E-state index contributed by atoms with van der Waals surface area (Å²) in [7, 11) is 1.74. The highest BCUT2D eigenvalue weighted by Gasteiger charge is 2.14. The monoisotopic (exact) mass is 408 g/mol. The second kappa shape index (κ2) is 7.97. The Morgan fingerprint density at radius 2 is 1.46 bits per heavy atom. The molecule has 3 rings (SSSR count). The fourth-order valence-electron chi connectivity index (χ4n) is 2.50. The summed E-state index contributed by atoms with van der Waals surface area (Å²) < 4.78 is 0.730. The summed E-state index contributed by atoms with van der Waals surface area (Å²) in [5, 5.41) is 2.83. The third-order valence-corrected chi connectivity index (χ3v) is 4.65. The molecule has 0 saturated heterocycles. The minimum atomic E-state index is -0.210. The largest absolute Gasteiger partial charge is 0.322 e. The van der Waals surface area contributed by atoms with Crippen molar-refractivity contribution < 1.29 is 9.59 Å². The van der Waals surface area contributed by atoms with E-state index >= 15 is 0 Å². The molecule has 0 spiro atoms. The topological polar surface area (TPSA) is 49.4 Å². The molecule has 0 aliphatic rings. The number of hydrogen-bond acceptors (Lipinski definition) is 2. The molecule has 0 atom stereocenters. The van der Waals surface area contributed by atoms with Gasteiger partial charge < -0.3 is 10.2 Å².